The number of likely N-dealkylation sites (tertiary alicyclic amines) is 1. The van der Waals surface area contributed by atoms with Crippen LogP contribution in [0.5, 0.6) is 0 Å². The van der Waals surface area contributed by atoms with Gasteiger partial charge in [0.2, 0.25) is 5.91 Å². The molecule has 0 saturated carbocycles. The van der Waals surface area contributed by atoms with Gasteiger partial charge < -0.3 is 10.3 Å². The molecule has 0 aliphatic carbocycles. The molecule has 15 heavy (non-hydrogen) atoms. The highest BCUT2D eigenvalue weighted by molar-refractivity contribution is 5.75. The summed E-state index contributed by atoms with van der Waals surface area (Å²) >= 11 is 0. The Labute approximate surface area is 88.1 Å². The smallest absolute Gasteiger partial charge is 0.231 e. The maximum atomic E-state index is 10.8. The first-order chi connectivity index (χ1) is 7.16. The van der Waals surface area contributed by atoms with Crippen LogP contribution in [0.3, 0.4) is 0 Å². The lowest BCUT2D eigenvalue weighted by molar-refractivity contribution is -0.118. The fourth-order valence-electron chi connectivity index (χ4n) is 2.07. The summed E-state index contributed by atoms with van der Waals surface area (Å²) in [5.74, 6) is 1.09. The first kappa shape index (κ1) is 10.1. The summed E-state index contributed by atoms with van der Waals surface area (Å²) in [5.41, 5.74) is 5.15. The minimum absolute atomic E-state index is 0.270. The predicted molar refractivity (Wildman–Crippen MR) is 54.0 cm³/mol. The van der Waals surface area contributed by atoms with E-state index in [2.05, 4.69) is 15.1 Å². The number of carbonyl (C=O) groups excluding carboxylic acids is 1. The summed E-state index contributed by atoms with van der Waals surface area (Å²) in [5, 5.41) is 7.94. The first-order valence-electron chi connectivity index (χ1n) is 5.01. The fraction of sp³-hybridized carbons (Fsp3) is 0.667. The molecule has 82 valence electrons. The van der Waals surface area contributed by atoms with Gasteiger partial charge >= 0.3 is 0 Å². The number of nitrogens with zero attached hydrogens (tertiary/aromatic N) is 4. The molecule has 1 aromatic rings. The Morgan fingerprint density at radius 3 is 3.13 bits per heavy atom. The zero-order chi connectivity index (χ0) is 10.8. The molecule has 0 bridgehead atoms. The van der Waals surface area contributed by atoms with Gasteiger partial charge in [-0.2, -0.15) is 0 Å². The SMILES string of the molecule is Cn1cnnc1[C@@H]1CCN(CC(N)=O)C1. The number of aromatic nitrogens is 3. The molecule has 1 atom stereocenters. The van der Waals surface area contributed by atoms with Crippen molar-refractivity contribution < 1.29 is 4.79 Å². The van der Waals surface area contributed by atoms with Crippen LogP contribution < -0.4 is 5.73 Å². The van der Waals surface area contributed by atoms with Gasteiger partial charge in [-0.25, -0.2) is 0 Å². The molecular formula is C9H15N5O. The Morgan fingerprint density at radius 2 is 2.53 bits per heavy atom. The summed E-state index contributed by atoms with van der Waals surface area (Å²) in [6, 6.07) is 0. The highest BCUT2D eigenvalue weighted by atomic mass is 16.1. The van der Waals surface area contributed by atoms with Crippen molar-refractivity contribution in [2.45, 2.75) is 12.3 Å². The third kappa shape index (κ3) is 2.15. The molecule has 1 aliphatic rings. The average Bonchev–Trinajstić information content (AvgIpc) is 2.72. The molecular weight excluding hydrogens is 194 g/mol. The summed E-state index contributed by atoms with van der Waals surface area (Å²) in [6.45, 7) is 2.09. The lowest BCUT2D eigenvalue weighted by atomic mass is 10.1. The van der Waals surface area contributed by atoms with Crippen molar-refractivity contribution in [1.82, 2.24) is 19.7 Å². The predicted octanol–water partition coefficient (Wildman–Crippen LogP) is -0.910. The molecule has 0 spiro atoms. The van der Waals surface area contributed by atoms with Gasteiger partial charge in [-0.3, -0.25) is 9.69 Å². The van der Waals surface area contributed by atoms with Crippen molar-refractivity contribution in [2.75, 3.05) is 19.6 Å². The van der Waals surface area contributed by atoms with E-state index in [-0.39, 0.29) is 5.91 Å². The van der Waals surface area contributed by atoms with Gasteiger partial charge in [-0.05, 0) is 13.0 Å². The van der Waals surface area contributed by atoms with E-state index in [0.717, 1.165) is 25.3 Å². The first-order valence-corrected chi connectivity index (χ1v) is 5.01. The quantitative estimate of drug-likeness (QED) is 0.699. The Balaban J connectivity index is 1.98. The minimum atomic E-state index is -0.270. The van der Waals surface area contributed by atoms with Gasteiger partial charge in [0.25, 0.3) is 0 Å². The summed E-state index contributed by atoms with van der Waals surface area (Å²) < 4.78 is 1.93. The Hall–Kier alpha value is -1.43. The average molecular weight is 209 g/mol. The molecule has 6 nitrogen and oxygen atoms in total. The molecule has 1 aromatic heterocycles. The van der Waals surface area contributed by atoms with E-state index in [1.165, 1.54) is 0 Å². The van der Waals surface area contributed by atoms with E-state index >= 15 is 0 Å². The van der Waals surface area contributed by atoms with Crippen LogP contribution >= 0.6 is 0 Å². The summed E-state index contributed by atoms with van der Waals surface area (Å²) in [7, 11) is 1.94. The van der Waals surface area contributed by atoms with E-state index in [9.17, 15) is 4.79 Å². The standard InChI is InChI=1S/C9H15N5O/c1-13-6-11-12-9(13)7-2-3-14(4-7)5-8(10)15/h6-7H,2-5H2,1H3,(H2,10,15)/t7-/m1/s1. The number of carbonyl (C=O) groups is 1. The number of hydrogen-bond donors (Lipinski definition) is 1. The van der Waals surface area contributed by atoms with Gasteiger partial charge in [0.05, 0.1) is 6.54 Å². The van der Waals surface area contributed by atoms with Crippen molar-refractivity contribution >= 4 is 5.91 Å². The van der Waals surface area contributed by atoms with Crippen molar-refractivity contribution in [3.05, 3.63) is 12.2 Å². The van der Waals surface area contributed by atoms with Crippen LogP contribution in [0.15, 0.2) is 6.33 Å². The van der Waals surface area contributed by atoms with Crippen molar-refractivity contribution in [3.8, 4) is 0 Å². The summed E-state index contributed by atoms with van der Waals surface area (Å²) in [6.07, 6.45) is 2.71. The minimum Gasteiger partial charge on any atom is -0.369 e. The molecule has 0 unspecified atom stereocenters. The van der Waals surface area contributed by atoms with E-state index in [1.54, 1.807) is 6.33 Å². The van der Waals surface area contributed by atoms with Crippen LogP contribution in [0.1, 0.15) is 18.2 Å². The number of amides is 1. The van der Waals surface area contributed by atoms with Gasteiger partial charge in [-0.15, -0.1) is 10.2 Å². The second-order valence-corrected chi connectivity index (χ2v) is 3.99. The van der Waals surface area contributed by atoms with Crippen molar-refractivity contribution in [2.24, 2.45) is 12.8 Å². The third-order valence-electron chi connectivity index (χ3n) is 2.76. The van der Waals surface area contributed by atoms with Crippen molar-refractivity contribution in [1.29, 1.82) is 0 Å². The van der Waals surface area contributed by atoms with Crippen LogP contribution in [0, 0.1) is 0 Å². The van der Waals surface area contributed by atoms with E-state index in [4.69, 9.17) is 5.73 Å². The third-order valence-corrected chi connectivity index (χ3v) is 2.76. The van der Waals surface area contributed by atoms with E-state index in [0.29, 0.717) is 12.5 Å². The Morgan fingerprint density at radius 1 is 1.73 bits per heavy atom. The monoisotopic (exact) mass is 209 g/mol. The van der Waals surface area contributed by atoms with Gasteiger partial charge in [-0.1, -0.05) is 0 Å². The van der Waals surface area contributed by atoms with Crippen LogP contribution in [0.2, 0.25) is 0 Å². The number of rotatable bonds is 3. The van der Waals surface area contributed by atoms with Gasteiger partial charge in [0, 0.05) is 19.5 Å². The zero-order valence-electron chi connectivity index (χ0n) is 8.76. The highest BCUT2D eigenvalue weighted by Crippen LogP contribution is 2.24. The van der Waals surface area contributed by atoms with Crippen LogP contribution in [0.25, 0.3) is 0 Å². The van der Waals surface area contributed by atoms with E-state index in [1.807, 2.05) is 11.6 Å². The number of primary amides is 1. The highest BCUT2D eigenvalue weighted by Gasteiger charge is 2.27. The van der Waals surface area contributed by atoms with Crippen LogP contribution in [0.4, 0.5) is 0 Å². The number of hydrogen-bond acceptors (Lipinski definition) is 4. The topological polar surface area (TPSA) is 77.0 Å². The maximum Gasteiger partial charge on any atom is 0.231 e. The lowest BCUT2D eigenvalue weighted by Crippen LogP contribution is -2.32. The number of nitrogens with two attached hydrogens (primary N) is 1. The molecule has 1 amide bonds. The molecule has 6 heteroatoms. The second-order valence-electron chi connectivity index (χ2n) is 3.99. The van der Waals surface area contributed by atoms with E-state index < -0.39 is 0 Å². The molecule has 2 rings (SSSR count). The second kappa shape index (κ2) is 3.98. The lowest BCUT2D eigenvalue weighted by Gasteiger charge is -2.12. The maximum absolute atomic E-state index is 10.8. The molecule has 1 aliphatic heterocycles. The molecule has 2 N–H and O–H groups in total. The molecule has 1 fully saturated rings. The molecule has 0 aromatic carbocycles. The fourth-order valence-corrected chi connectivity index (χ4v) is 2.07. The summed E-state index contributed by atoms with van der Waals surface area (Å²) in [4.78, 5) is 12.8. The molecule has 2 heterocycles. The van der Waals surface area contributed by atoms with Gasteiger partial charge in [0.15, 0.2) is 0 Å². The van der Waals surface area contributed by atoms with Crippen molar-refractivity contribution in [3.63, 3.8) is 0 Å². The normalized spacial score (nSPS) is 22.1. The van der Waals surface area contributed by atoms with Crippen LogP contribution in [-0.4, -0.2) is 45.2 Å². The largest absolute Gasteiger partial charge is 0.369 e. The Bertz CT molecular complexity index is 361. The van der Waals surface area contributed by atoms with Crippen LogP contribution in [-0.2, 0) is 11.8 Å². The zero-order valence-corrected chi connectivity index (χ0v) is 8.76. The Kier molecular flexibility index (Phi) is 2.68. The molecule has 0 radical (unpaired) electrons. The van der Waals surface area contributed by atoms with Gasteiger partial charge in [0.1, 0.15) is 12.2 Å². The number of aryl methyl sites for hydroxylation is 1. The molecule has 1 saturated heterocycles.